The normalized spacial score (nSPS) is 12.4. The minimum Gasteiger partial charge on any atom is -0.396 e. The Morgan fingerprint density at radius 2 is 2.17 bits per heavy atom. The maximum atomic E-state index is 8.66. The highest BCUT2D eigenvalue weighted by Crippen LogP contribution is 1.93. The third-order valence-electron chi connectivity index (χ3n) is 1.30. The van der Waals surface area contributed by atoms with Gasteiger partial charge in [0.25, 0.3) is 0 Å². The molecule has 1 atom stereocenters. The molecule has 0 saturated carbocycles. The van der Waals surface area contributed by atoms with E-state index in [1.807, 2.05) is 0 Å². The van der Waals surface area contributed by atoms with Crippen LogP contribution in [0.2, 0.25) is 0 Å². The first kappa shape index (κ1) is 11.4. The summed E-state index contributed by atoms with van der Waals surface area (Å²) in [5.41, 5.74) is 0. The zero-order valence-corrected chi connectivity index (χ0v) is 7.33. The highest BCUT2D eigenvalue weighted by atomic mass is 16.5. The third kappa shape index (κ3) is 6.09. The Morgan fingerprint density at radius 1 is 1.42 bits per heavy atom. The van der Waals surface area contributed by atoms with Crippen molar-refractivity contribution in [1.82, 2.24) is 5.32 Å². The SMILES string of the molecule is C=CCNC(CCO)OCC=C. The Kier molecular flexibility index (Phi) is 8.01. The molecule has 0 aromatic carbocycles. The van der Waals surface area contributed by atoms with Crippen molar-refractivity contribution in [2.24, 2.45) is 0 Å². The van der Waals surface area contributed by atoms with E-state index in [0.717, 1.165) is 0 Å². The molecule has 0 bridgehead atoms. The van der Waals surface area contributed by atoms with Gasteiger partial charge in [-0.3, -0.25) is 5.32 Å². The zero-order valence-electron chi connectivity index (χ0n) is 7.33. The summed E-state index contributed by atoms with van der Waals surface area (Å²) in [4.78, 5) is 0. The first-order valence-corrected chi connectivity index (χ1v) is 4.02. The minimum atomic E-state index is -0.106. The first-order chi connectivity index (χ1) is 5.85. The molecule has 0 saturated heterocycles. The second-order valence-electron chi connectivity index (χ2n) is 2.32. The van der Waals surface area contributed by atoms with Crippen LogP contribution in [0.15, 0.2) is 25.3 Å². The quantitative estimate of drug-likeness (QED) is 0.416. The Labute approximate surface area is 73.7 Å². The van der Waals surface area contributed by atoms with Crippen LogP contribution in [0.3, 0.4) is 0 Å². The lowest BCUT2D eigenvalue weighted by molar-refractivity contribution is 0.0325. The molecule has 2 N–H and O–H groups in total. The third-order valence-corrected chi connectivity index (χ3v) is 1.30. The number of aliphatic hydroxyl groups excluding tert-OH is 1. The van der Waals surface area contributed by atoms with Crippen molar-refractivity contribution >= 4 is 0 Å². The fourth-order valence-corrected chi connectivity index (χ4v) is 0.761. The fourth-order valence-electron chi connectivity index (χ4n) is 0.761. The number of nitrogens with one attached hydrogen (secondary N) is 1. The van der Waals surface area contributed by atoms with Gasteiger partial charge in [-0.25, -0.2) is 0 Å². The van der Waals surface area contributed by atoms with Crippen LogP contribution in [-0.2, 0) is 4.74 Å². The van der Waals surface area contributed by atoms with Crippen molar-refractivity contribution in [1.29, 1.82) is 0 Å². The highest BCUT2D eigenvalue weighted by molar-refractivity contribution is 4.72. The largest absolute Gasteiger partial charge is 0.396 e. The summed E-state index contributed by atoms with van der Waals surface area (Å²) in [6, 6.07) is 0. The second kappa shape index (κ2) is 8.46. The van der Waals surface area contributed by atoms with Crippen LogP contribution < -0.4 is 5.32 Å². The van der Waals surface area contributed by atoms with Crippen molar-refractivity contribution in [3.05, 3.63) is 25.3 Å². The smallest absolute Gasteiger partial charge is 0.110 e. The minimum absolute atomic E-state index is 0.106. The average molecular weight is 171 g/mol. The molecule has 3 nitrogen and oxygen atoms in total. The topological polar surface area (TPSA) is 41.5 Å². The molecule has 0 rings (SSSR count). The van der Waals surface area contributed by atoms with Gasteiger partial charge in [-0.05, 0) is 0 Å². The molecule has 0 aliphatic heterocycles. The van der Waals surface area contributed by atoms with E-state index < -0.39 is 0 Å². The van der Waals surface area contributed by atoms with Gasteiger partial charge in [0.15, 0.2) is 0 Å². The van der Waals surface area contributed by atoms with Crippen LogP contribution in [-0.4, -0.2) is 31.1 Å². The zero-order chi connectivity index (χ0) is 9.23. The van der Waals surface area contributed by atoms with Gasteiger partial charge in [0, 0.05) is 19.6 Å². The number of ether oxygens (including phenoxy) is 1. The monoisotopic (exact) mass is 171 g/mol. The van der Waals surface area contributed by atoms with E-state index in [1.54, 1.807) is 12.2 Å². The Bertz CT molecular complexity index is 114. The lowest BCUT2D eigenvalue weighted by atomic mass is 10.4. The predicted molar refractivity (Wildman–Crippen MR) is 49.8 cm³/mol. The summed E-state index contributed by atoms with van der Waals surface area (Å²) in [5.74, 6) is 0. The summed E-state index contributed by atoms with van der Waals surface area (Å²) < 4.78 is 5.30. The van der Waals surface area contributed by atoms with Crippen LogP contribution in [0.1, 0.15) is 6.42 Å². The maximum Gasteiger partial charge on any atom is 0.110 e. The summed E-state index contributed by atoms with van der Waals surface area (Å²) >= 11 is 0. The molecular weight excluding hydrogens is 154 g/mol. The second-order valence-corrected chi connectivity index (χ2v) is 2.32. The van der Waals surface area contributed by atoms with Gasteiger partial charge < -0.3 is 9.84 Å². The number of hydrogen-bond acceptors (Lipinski definition) is 3. The molecule has 0 aromatic rings. The predicted octanol–water partition coefficient (Wildman–Crippen LogP) is 0.673. The van der Waals surface area contributed by atoms with Crippen molar-refractivity contribution in [3.8, 4) is 0 Å². The molecule has 0 aromatic heterocycles. The van der Waals surface area contributed by atoms with Crippen LogP contribution in [0, 0.1) is 0 Å². The summed E-state index contributed by atoms with van der Waals surface area (Å²) in [6.07, 6.45) is 3.91. The van der Waals surface area contributed by atoms with Gasteiger partial charge in [0.05, 0.1) is 6.61 Å². The van der Waals surface area contributed by atoms with Crippen molar-refractivity contribution in [2.75, 3.05) is 19.8 Å². The Balaban J connectivity index is 3.52. The number of hydrogen-bond donors (Lipinski definition) is 2. The van der Waals surface area contributed by atoms with E-state index in [1.165, 1.54) is 0 Å². The van der Waals surface area contributed by atoms with Gasteiger partial charge in [0.1, 0.15) is 6.23 Å². The van der Waals surface area contributed by atoms with E-state index in [-0.39, 0.29) is 12.8 Å². The molecule has 0 aliphatic carbocycles. The highest BCUT2D eigenvalue weighted by Gasteiger charge is 2.04. The van der Waals surface area contributed by atoms with Gasteiger partial charge >= 0.3 is 0 Å². The van der Waals surface area contributed by atoms with Gasteiger partial charge in [-0.15, -0.1) is 13.2 Å². The molecular formula is C9H17NO2. The molecule has 0 amide bonds. The number of rotatable bonds is 8. The Morgan fingerprint density at radius 3 is 2.67 bits per heavy atom. The van der Waals surface area contributed by atoms with Crippen molar-refractivity contribution in [3.63, 3.8) is 0 Å². The van der Waals surface area contributed by atoms with E-state index in [0.29, 0.717) is 19.6 Å². The van der Waals surface area contributed by atoms with Gasteiger partial charge in [0.2, 0.25) is 0 Å². The summed E-state index contributed by atoms with van der Waals surface area (Å²) in [5, 5.41) is 11.7. The Hall–Kier alpha value is -0.640. The molecule has 0 aliphatic rings. The molecule has 1 unspecified atom stereocenters. The molecule has 0 heterocycles. The average Bonchev–Trinajstić information content (AvgIpc) is 2.10. The van der Waals surface area contributed by atoms with E-state index in [4.69, 9.17) is 9.84 Å². The van der Waals surface area contributed by atoms with Crippen LogP contribution in [0.4, 0.5) is 0 Å². The van der Waals surface area contributed by atoms with Gasteiger partial charge in [-0.1, -0.05) is 12.2 Å². The van der Waals surface area contributed by atoms with Crippen LogP contribution in [0.25, 0.3) is 0 Å². The first-order valence-electron chi connectivity index (χ1n) is 4.02. The lowest BCUT2D eigenvalue weighted by Crippen LogP contribution is -2.32. The van der Waals surface area contributed by atoms with E-state index in [9.17, 15) is 0 Å². The van der Waals surface area contributed by atoms with E-state index >= 15 is 0 Å². The fraction of sp³-hybridized carbons (Fsp3) is 0.556. The molecule has 3 heteroatoms. The lowest BCUT2D eigenvalue weighted by Gasteiger charge is -2.16. The van der Waals surface area contributed by atoms with E-state index in [2.05, 4.69) is 18.5 Å². The molecule has 0 radical (unpaired) electrons. The van der Waals surface area contributed by atoms with Crippen molar-refractivity contribution in [2.45, 2.75) is 12.6 Å². The maximum absolute atomic E-state index is 8.66. The van der Waals surface area contributed by atoms with Crippen LogP contribution in [0.5, 0.6) is 0 Å². The summed E-state index contributed by atoms with van der Waals surface area (Å²) in [6.45, 7) is 8.40. The van der Waals surface area contributed by atoms with Crippen LogP contribution >= 0.6 is 0 Å². The molecule has 12 heavy (non-hydrogen) atoms. The number of aliphatic hydroxyl groups is 1. The summed E-state index contributed by atoms with van der Waals surface area (Å²) in [7, 11) is 0. The molecule has 70 valence electrons. The van der Waals surface area contributed by atoms with Crippen molar-refractivity contribution < 1.29 is 9.84 Å². The standard InChI is InChI=1S/C9H17NO2/c1-3-6-10-9(5-7-11)12-8-4-2/h3-4,9-11H,1-2,5-8H2. The molecule has 0 fully saturated rings. The van der Waals surface area contributed by atoms with Gasteiger partial charge in [-0.2, -0.15) is 0 Å². The molecule has 0 spiro atoms.